The van der Waals surface area contributed by atoms with Crippen LogP contribution in [0.2, 0.25) is 0 Å². The number of rotatable bonds is 8. The van der Waals surface area contributed by atoms with Gasteiger partial charge in [-0.25, -0.2) is 9.97 Å². The number of hydrogen-bond acceptors (Lipinski definition) is 5. The van der Waals surface area contributed by atoms with Crippen molar-refractivity contribution in [3.05, 3.63) is 60.7 Å². The van der Waals surface area contributed by atoms with Gasteiger partial charge in [0, 0.05) is 23.3 Å². The molecule has 0 unspecified atom stereocenters. The molecule has 0 saturated carbocycles. The largest absolute Gasteiger partial charge is 0.508 e. The van der Waals surface area contributed by atoms with Crippen LogP contribution in [0, 0.1) is 0 Å². The van der Waals surface area contributed by atoms with E-state index in [0.29, 0.717) is 6.61 Å². The highest BCUT2D eigenvalue weighted by atomic mass is 16.5. The van der Waals surface area contributed by atoms with E-state index in [1.54, 1.807) is 18.2 Å². The molecule has 168 valence electrons. The van der Waals surface area contributed by atoms with Crippen molar-refractivity contribution in [3.63, 3.8) is 0 Å². The molecule has 3 N–H and O–H groups in total. The minimum absolute atomic E-state index is 0.218. The van der Waals surface area contributed by atoms with Gasteiger partial charge in [-0.1, -0.05) is 24.3 Å². The monoisotopic (exact) mass is 441 g/mol. The Labute approximate surface area is 192 Å². The number of hydrogen-bond donors (Lipinski definition) is 3. The first-order valence-electron chi connectivity index (χ1n) is 11.1. The van der Waals surface area contributed by atoms with Crippen LogP contribution in [-0.2, 0) is 0 Å². The van der Waals surface area contributed by atoms with Crippen molar-refractivity contribution in [1.29, 1.82) is 0 Å². The summed E-state index contributed by atoms with van der Waals surface area (Å²) < 4.78 is 5.92. The molecule has 0 atom stereocenters. The molecular formula is C26H27N5O2. The number of fused-ring (bicyclic) bond motifs is 2. The Morgan fingerprint density at radius 1 is 0.788 bits per heavy atom. The van der Waals surface area contributed by atoms with Crippen molar-refractivity contribution in [2.45, 2.75) is 12.8 Å². The van der Waals surface area contributed by atoms with Crippen LogP contribution in [0.5, 0.6) is 11.5 Å². The molecule has 0 fully saturated rings. The molecular weight excluding hydrogens is 414 g/mol. The second kappa shape index (κ2) is 8.96. The van der Waals surface area contributed by atoms with E-state index < -0.39 is 0 Å². The Hall–Kier alpha value is -3.84. The van der Waals surface area contributed by atoms with Gasteiger partial charge in [0.1, 0.15) is 23.1 Å². The van der Waals surface area contributed by atoms with Crippen LogP contribution in [-0.4, -0.2) is 57.2 Å². The molecule has 0 aliphatic carbocycles. The summed E-state index contributed by atoms with van der Waals surface area (Å²) in [7, 11) is 4.17. The lowest BCUT2D eigenvalue weighted by Gasteiger charge is -2.09. The zero-order chi connectivity index (χ0) is 22.8. The molecule has 33 heavy (non-hydrogen) atoms. The summed E-state index contributed by atoms with van der Waals surface area (Å²) in [6, 6.07) is 19.2. The molecule has 7 heteroatoms. The molecule has 0 bridgehead atoms. The van der Waals surface area contributed by atoms with E-state index in [1.165, 1.54) is 0 Å². The molecule has 5 aromatic rings. The summed E-state index contributed by atoms with van der Waals surface area (Å²) in [6.45, 7) is 1.79. The Balaban J connectivity index is 1.30. The van der Waals surface area contributed by atoms with Gasteiger partial charge in [0.05, 0.1) is 28.7 Å². The van der Waals surface area contributed by atoms with E-state index in [9.17, 15) is 5.11 Å². The predicted octanol–water partition coefficient (Wildman–Crippen LogP) is 5.20. The van der Waals surface area contributed by atoms with Gasteiger partial charge in [-0.05, 0) is 57.7 Å². The third-order valence-electron chi connectivity index (χ3n) is 5.62. The van der Waals surface area contributed by atoms with Gasteiger partial charge in [0.2, 0.25) is 0 Å². The van der Waals surface area contributed by atoms with Crippen molar-refractivity contribution < 1.29 is 9.84 Å². The molecule has 5 rings (SSSR count). The Bertz CT molecular complexity index is 1390. The van der Waals surface area contributed by atoms with Crippen molar-refractivity contribution >= 4 is 22.1 Å². The summed E-state index contributed by atoms with van der Waals surface area (Å²) >= 11 is 0. The van der Waals surface area contributed by atoms with E-state index in [0.717, 1.165) is 70.0 Å². The molecule has 0 saturated heterocycles. The second-order valence-corrected chi connectivity index (χ2v) is 8.49. The molecule has 0 amide bonds. The minimum Gasteiger partial charge on any atom is -0.508 e. The van der Waals surface area contributed by atoms with Crippen molar-refractivity contribution in [2.75, 3.05) is 27.2 Å². The summed E-state index contributed by atoms with van der Waals surface area (Å²) in [6.07, 6.45) is 2.15. The van der Waals surface area contributed by atoms with Gasteiger partial charge in [-0.15, -0.1) is 0 Å². The third-order valence-corrected chi connectivity index (χ3v) is 5.62. The fourth-order valence-electron chi connectivity index (χ4n) is 3.86. The fraction of sp³-hybridized carbons (Fsp3) is 0.231. The third kappa shape index (κ3) is 4.68. The first-order valence-corrected chi connectivity index (χ1v) is 11.1. The molecule has 0 spiro atoms. The number of aromatic amines is 2. The molecule has 2 heterocycles. The lowest BCUT2D eigenvalue weighted by atomic mass is 10.1. The van der Waals surface area contributed by atoms with E-state index in [2.05, 4.69) is 33.9 Å². The normalized spacial score (nSPS) is 11.6. The number of benzene rings is 3. The molecule has 7 nitrogen and oxygen atoms in total. The number of phenolic OH excluding ortho intramolecular Hbond substituents is 1. The van der Waals surface area contributed by atoms with Gasteiger partial charge < -0.3 is 24.7 Å². The van der Waals surface area contributed by atoms with Crippen LogP contribution >= 0.6 is 0 Å². The van der Waals surface area contributed by atoms with Gasteiger partial charge >= 0.3 is 0 Å². The lowest BCUT2D eigenvalue weighted by Crippen LogP contribution is -2.13. The Morgan fingerprint density at radius 2 is 1.39 bits per heavy atom. The zero-order valence-corrected chi connectivity index (χ0v) is 18.8. The maximum atomic E-state index is 9.66. The summed E-state index contributed by atoms with van der Waals surface area (Å²) in [5.74, 6) is 2.65. The van der Waals surface area contributed by atoms with Gasteiger partial charge in [-0.2, -0.15) is 0 Å². The highest BCUT2D eigenvalue weighted by molar-refractivity contribution is 5.82. The molecule has 0 radical (unpaired) electrons. The maximum Gasteiger partial charge on any atom is 0.138 e. The van der Waals surface area contributed by atoms with Gasteiger partial charge in [0.25, 0.3) is 0 Å². The summed E-state index contributed by atoms with van der Waals surface area (Å²) in [4.78, 5) is 18.2. The number of nitrogens with zero attached hydrogens (tertiary/aromatic N) is 3. The Morgan fingerprint density at radius 3 is 2.03 bits per heavy atom. The highest BCUT2D eigenvalue weighted by Crippen LogP contribution is 2.27. The number of phenols is 1. The molecule has 2 aromatic heterocycles. The van der Waals surface area contributed by atoms with E-state index in [4.69, 9.17) is 9.72 Å². The van der Waals surface area contributed by atoms with Crippen LogP contribution in [0.3, 0.4) is 0 Å². The number of aromatic hydroxyl groups is 1. The van der Waals surface area contributed by atoms with Gasteiger partial charge in [-0.3, -0.25) is 0 Å². The standard InChI is InChI=1S/C26H27N5O2/c1-31(2)13-3-4-14-33-20-10-12-22-24(16-20)30-26(28-22)18-7-5-17(6-8-18)25-27-21-11-9-19(32)15-23(21)29-25/h5-12,15-16,32H,3-4,13-14H2,1-2H3,(H,27,29)(H,28,30). The predicted molar refractivity (Wildman–Crippen MR) is 132 cm³/mol. The van der Waals surface area contributed by atoms with E-state index >= 15 is 0 Å². The van der Waals surface area contributed by atoms with Crippen LogP contribution in [0.15, 0.2) is 60.7 Å². The van der Waals surface area contributed by atoms with Crippen LogP contribution in [0.25, 0.3) is 44.8 Å². The second-order valence-electron chi connectivity index (χ2n) is 8.49. The number of aromatic nitrogens is 4. The van der Waals surface area contributed by atoms with Crippen LogP contribution in [0.1, 0.15) is 12.8 Å². The molecule has 0 aliphatic heterocycles. The number of ether oxygens (including phenoxy) is 1. The zero-order valence-electron chi connectivity index (χ0n) is 18.8. The lowest BCUT2D eigenvalue weighted by molar-refractivity contribution is 0.293. The average molecular weight is 442 g/mol. The van der Waals surface area contributed by atoms with E-state index in [-0.39, 0.29) is 5.75 Å². The number of nitrogens with one attached hydrogen (secondary N) is 2. The molecule has 3 aromatic carbocycles. The average Bonchev–Trinajstić information content (AvgIpc) is 3.42. The first kappa shape index (κ1) is 21.0. The van der Waals surface area contributed by atoms with Crippen LogP contribution in [0.4, 0.5) is 0 Å². The van der Waals surface area contributed by atoms with Crippen molar-refractivity contribution in [1.82, 2.24) is 24.8 Å². The molecule has 0 aliphatic rings. The summed E-state index contributed by atoms with van der Waals surface area (Å²) in [5.41, 5.74) is 5.45. The number of H-pyrrole nitrogens is 2. The number of unbranched alkanes of at least 4 members (excludes halogenated alkanes) is 1. The minimum atomic E-state index is 0.218. The number of imidazole rings is 2. The van der Waals surface area contributed by atoms with Crippen LogP contribution < -0.4 is 4.74 Å². The topological polar surface area (TPSA) is 90.1 Å². The SMILES string of the molecule is CN(C)CCCCOc1ccc2nc(-c3ccc(-c4nc5ccc(O)cc5[nH]4)cc3)[nH]c2c1. The smallest absolute Gasteiger partial charge is 0.138 e. The fourth-order valence-corrected chi connectivity index (χ4v) is 3.86. The quantitative estimate of drug-likeness (QED) is 0.288. The Kier molecular flexibility index (Phi) is 5.71. The highest BCUT2D eigenvalue weighted by Gasteiger charge is 2.09. The maximum absolute atomic E-state index is 9.66. The first-order chi connectivity index (χ1) is 16.0. The summed E-state index contributed by atoms with van der Waals surface area (Å²) in [5, 5.41) is 9.66. The van der Waals surface area contributed by atoms with Gasteiger partial charge in [0.15, 0.2) is 0 Å². The van der Waals surface area contributed by atoms with Crippen molar-refractivity contribution in [3.8, 4) is 34.3 Å². The van der Waals surface area contributed by atoms with Crippen molar-refractivity contribution in [2.24, 2.45) is 0 Å². The van der Waals surface area contributed by atoms with E-state index in [1.807, 2.05) is 42.5 Å².